The van der Waals surface area contributed by atoms with Gasteiger partial charge in [-0.15, -0.1) is 0 Å². The summed E-state index contributed by atoms with van der Waals surface area (Å²) in [6, 6.07) is 1.28. The molecule has 0 amide bonds. The molecular formula is C9H7BrN2O4. The fourth-order valence-electron chi connectivity index (χ4n) is 1.61. The van der Waals surface area contributed by atoms with E-state index < -0.39 is 16.3 Å². The molecule has 16 heavy (non-hydrogen) atoms. The number of carboxylic acid groups (broad SMARTS) is 1. The zero-order valence-electron chi connectivity index (χ0n) is 8.01. The first kappa shape index (κ1) is 11.0. The van der Waals surface area contributed by atoms with E-state index in [1.165, 1.54) is 12.3 Å². The van der Waals surface area contributed by atoms with Gasteiger partial charge in [-0.3, -0.25) is 19.9 Å². The number of halogens is 1. The molecule has 1 aliphatic carbocycles. The summed E-state index contributed by atoms with van der Waals surface area (Å²) < 4.78 is 0.462. The Kier molecular flexibility index (Phi) is 2.42. The average Bonchev–Trinajstić information content (AvgIpc) is 2.98. The molecule has 0 bridgehead atoms. The highest BCUT2D eigenvalue weighted by Crippen LogP contribution is 2.50. The summed E-state index contributed by atoms with van der Waals surface area (Å²) in [5, 5.41) is 19.9. The normalized spacial score (nSPS) is 16.8. The minimum Gasteiger partial charge on any atom is -0.481 e. The van der Waals surface area contributed by atoms with Gasteiger partial charge in [-0.2, -0.15) is 0 Å². The number of rotatable bonds is 3. The predicted octanol–water partition coefficient (Wildman–Crippen LogP) is 1.87. The van der Waals surface area contributed by atoms with Crippen LogP contribution in [0.2, 0.25) is 0 Å². The van der Waals surface area contributed by atoms with Crippen molar-refractivity contribution in [3.8, 4) is 0 Å². The Balaban J connectivity index is 2.57. The van der Waals surface area contributed by atoms with Crippen molar-refractivity contribution >= 4 is 27.6 Å². The molecule has 1 saturated carbocycles. The van der Waals surface area contributed by atoms with E-state index in [4.69, 9.17) is 5.11 Å². The molecule has 0 spiro atoms. The number of hydrogen-bond acceptors (Lipinski definition) is 4. The number of aromatic nitrogens is 1. The fraction of sp³-hybridized carbons (Fsp3) is 0.333. The molecule has 1 N–H and O–H groups in total. The first-order chi connectivity index (χ1) is 7.47. The molecule has 1 fully saturated rings. The fourth-order valence-corrected chi connectivity index (χ4v) is 1.93. The Bertz CT molecular complexity index is 484. The van der Waals surface area contributed by atoms with Crippen LogP contribution in [0.1, 0.15) is 18.5 Å². The minimum absolute atomic E-state index is 0.0493. The maximum Gasteiger partial charge on any atom is 0.316 e. The van der Waals surface area contributed by atoms with Crippen molar-refractivity contribution in [1.29, 1.82) is 0 Å². The van der Waals surface area contributed by atoms with Gasteiger partial charge >= 0.3 is 5.97 Å². The van der Waals surface area contributed by atoms with Crippen LogP contribution in [-0.4, -0.2) is 21.0 Å². The largest absolute Gasteiger partial charge is 0.481 e. The van der Waals surface area contributed by atoms with Crippen LogP contribution in [0.3, 0.4) is 0 Å². The van der Waals surface area contributed by atoms with E-state index in [2.05, 4.69) is 20.9 Å². The van der Waals surface area contributed by atoms with E-state index in [0.29, 0.717) is 17.3 Å². The summed E-state index contributed by atoms with van der Waals surface area (Å²) in [7, 11) is 0. The number of carbonyl (C=O) groups is 1. The van der Waals surface area contributed by atoms with E-state index in [1.54, 1.807) is 0 Å². The maximum atomic E-state index is 11.1. The molecule has 0 unspecified atom stereocenters. The molecule has 1 aromatic rings. The van der Waals surface area contributed by atoms with Gasteiger partial charge in [0.15, 0.2) is 0 Å². The Hall–Kier alpha value is -1.50. The van der Waals surface area contributed by atoms with Gasteiger partial charge in [0, 0.05) is 16.7 Å². The van der Waals surface area contributed by atoms with Crippen molar-refractivity contribution in [2.45, 2.75) is 18.3 Å². The molecule has 0 radical (unpaired) electrons. The minimum atomic E-state index is -1.15. The van der Waals surface area contributed by atoms with E-state index in [-0.39, 0.29) is 11.4 Å². The molecule has 1 heterocycles. The van der Waals surface area contributed by atoms with Crippen molar-refractivity contribution in [3.05, 3.63) is 32.5 Å². The highest BCUT2D eigenvalue weighted by Gasteiger charge is 2.56. The second-order valence-electron chi connectivity index (χ2n) is 3.67. The lowest BCUT2D eigenvalue weighted by Crippen LogP contribution is -2.22. The molecule has 2 rings (SSSR count). The number of pyridine rings is 1. The van der Waals surface area contributed by atoms with Gasteiger partial charge < -0.3 is 5.11 Å². The highest BCUT2D eigenvalue weighted by atomic mass is 79.9. The van der Waals surface area contributed by atoms with Gasteiger partial charge in [0.1, 0.15) is 11.1 Å². The van der Waals surface area contributed by atoms with Crippen LogP contribution >= 0.6 is 15.9 Å². The van der Waals surface area contributed by atoms with E-state index in [0.717, 1.165) is 0 Å². The molecule has 0 saturated heterocycles. The highest BCUT2D eigenvalue weighted by molar-refractivity contribution is 9.10. The van der Waals surface area contributed by atoms with Crippen molar-refractivity contribution < 1.29 is 14.8 Å². The summed E-state index contributed by atoms with van der Waals surface area (Å²) in [6.45, 7) is 0. The topological polar surface area (TPSA) is 93.3 Å². The van der Waals surface area contributed by atoms with Crippen molar-refractivity contribution in [3.63, 3.8) is 0 Å². The number of nitrogens with zero attached hydrogens (tertiary/aromatic N) is 2. The second-order valence-corrected chi connectivity index (χ2v) is 4.58. The van der Waals surface area contributed by atoms with Crippen molar-refractivity contribution in [1.82, 2.24) is 4.98 Å². The van der Waals surface area contributed by atoms with Gasteiger partial charge in [0.2, 0.25) is 0 Å². The van der Waals surface area contributed by atoms with Crippen LogP contribution in [0.25, 0.3) is 0 Å². The van der Waals surface area contributed by atoms with Gasteiger partial charge in [0.05, 0.1) is 4.92 Å². The summed E-state index contributed by atoms with van der Waals surface area (Å²) >= 11 is 3.07. The quantitative estimate of drug-likeness (QED) is 0.676. The first-order valence-corrected chi connectivity index (χ1v) is 5.30. The lowest BCUT2D eigenvalue weighted by atomic mass is 10.0. The molecule has 1 aromatic heterocycles. The van der Waals surface area contributed by atoms with E-state index in [9.17, 15) is 14.9 Å². The van der Waals surface area contributed by atoms with Crippen LogP contribution in [0.5, 0.6) is 0 Å². The van der Waals surface area contributed by atoms with Crippen molar-refractivity contribution in [2.75, 3.05) is 0 Å². The predicted molar refractivity (Wildman–Crippen MR) is 57.1 cm³/mol. The molecule has 0 atom stereocenters. The zero-order valence-corrected chi connectivity index (χ0v) is 9.60. The van der Waals surface area contributed by atoms with Crippen LogP contribution in [-0.2, 0) is 10.2 Å². The van der Waals surface area contributed by atoms with E-state index >= 15 is 0 Å². The Morgan fingerprint density at radius 3 is 2.69 bits per heavy atom. The third-order valence-electron chi connectivity index (χ3n) is 2.64. The average molecular weight is 287 g/mol. The molecule has 6 nitrogen and oxygen atoms in total. The van der Waals surface area contributed by atoms with Gasteiger partial charge in [-0.25, -0.2) is 0 Å². The smallest absolute Gasteiger partial charge is 0.316 e. The molecule has 7 heteroatoms. The Labute approximate surface area is 98.6 Å². The Morgan fingerprint density at radius 2 is 2.25 bits per heavy atom. The number of nitro groups is 1. The molecule has 1 aliphatic rings. The standard InChI is InChI=1S/C9H7BrN2O4/c10-5-3-6(12(15)16)7(11-4-5)9(1-2-9)8(13)14/h3-4H,1-2H2,(H,13,14). The number of carboxylic acids is 1. The van der Waals surface area contributed by atoms with Gasteiger partial charge in [-0.05, 0) is 28.8 Å². The molecule has 0 aliphatic heterocycles. The third-order valence-corrected chi connectivity index (χ3v) is 3.08. The summed E-state index contributed by atoms with van der Waals surface area (Å²) in [5.74, 6) is -1.05. The van der Waals surface area contributed by atoms with Crippen LogP contribution < -0.4 is 0 Å². The summed E-state index contributed by atoms with van der Waals surface area (Å²) in [6.07, 6.45) is 2.18. The zero-order chi connectivity index (χ0) is 11.9. The summed E-state index contributed by atoms with van der Waals surface area (Å²) in [4.78, 5) is 25.2. The van der Waals surface area contributed by atoms with Crippen LogP contribution in [0, 0.1) is 10.1 Å². The Morgan fingerprint density at radius 1 is 1.62 bits per heavy atom. The van der Waals surface area contributed by atoms with E-state index in [1.807, 2.05) is 0 Å². The molecule has 0 aromatic carbocycles. The summed E-state index contributed by atoms with van der Waals surface area (Å²) in [5.41, 5.74) is -1.34. The van der Waals surface area contributed by atoms with Crippen LogP contribution in [0.4, 0.5) is 5.69 Å². The van der Waals surface area contributed by atoms with Gasteiger partial charge in [0.25, 0.3) is 5.69 Å². The van der Waals surface area contributed by atoms with Crippen molar-refractivity contribution in [2.24, 2.45) is 0 Å². The molecule has 84 valence electrons. The maximum absolute atomic E-state index is 11.1. The third kappa shape index (κ3) is 1.57. The lowest BCUT2D eigenvalue weighted by Gasteiger charge is -2.09. The SMILES string of the molecule is O=C(O)C1(c2ncc(Br)cc2[N+](=O)[O-])CC1. The lowest BCUT2D eigenvalue weighted by molar-refractivity contribution is -0.386. The second kappa shape index (κ2) is 3.51. The van der Waals surface area contributed by atoms with Crippen LogP contribution in [0.15, 0.2) is 16.7 Å². The molecular weight excluding hydrogens is 280 g/mol. The van der Waals surface area contributed by atoms with Gasteiger partial charge in [-0.1, -0.05) is 0 Å². The first-order valence-electron chi connectivity index (χ1n) is 4.51. The number of aliphatic carboxylic acids is 1. The monoisotopic (exact) mass is 286 g/mol. The number of hydrogen-bond donors (Lipinski definition) is 1.